The van der Waals surface area contributed by atoms with Crippen LogP contribution in [0.2, 0.25) is 0 Å². The van der Waals surface area contributed by atoms with Crippen LogP contribution in [0.3, 0.4) is 0 Å². The lowest BCUT2D eigenvalue weighted by Crippen LogP contribution is -2.37. The van der Waals surface area contributed by atoms with E-state index in [2.05, 4.69) is 36.4 Å². The Morgan fingerprint density at radius 1 is 1.40 bits per heavy atom. The van der Waals surface area contributed by atoms with Gasteiger partial charge in [-0.05, 0) is 33.6 Å². The second-order valence-corrected chi connectivity index (χ2v) is 6.62. The van der Waals surface area contributed by atoms with Gasteiger partial charge in [-0.25, -0.2) is 4.98 Å². The Morgan fingerprint density at radius 2 is 2.10 bits per heavy atom. The van der Waals surface area contributed by atoms with Gasteiger partial charge in [0.2, 0.25) is 5.91 Å². The lowest BCUT2D eigenvalue weighted by Gasteiger charge is -2.20. The van der Waals surface area contributed by atoms with Crippen LogP contribution in [0.4, 0.5) is 0 Å². The number of imidazole rings is 1. The van der Waals surface area contributed by atoms with Crippen molar-refractivity contribution in [1.29, 1.82) is 0 Å². The highest BCUT2D eigenvalue weighted by atomic mass is 16.2. The van der Waals surface area contributed by atoms with Crippen molar-refractivity contribution in [3.8, 4) is 0 Å². The van der Waals surface area contributed by atoms with Crippen LogP contribution in [-0.2, 0) is 17.9 Å². The molecule has 1 heterocycles. The minimum atomic E-state index is 0.0445. The van der Waals surface area contributed by atoms with Crippen molar-refractivity contribution in [2.75, 3.05) is 0 Å². The first kappa shape index (κ1) is 15.0. The Morgan fingerprint density at radius 3 is 2.75 bits per heavy atom. The smallest absolute Gasteiger partial charge is 0.240 e. The Bertz CT molecular complexity index is 441. The zero-order valence-corrected chi connectivity index (χ0v) is 12.8. The predicted molar refractivity (Wildman–Crippen MR) is 79.2 cm³/mol. The summed E-state index contributed by atoms with van der Waals surface area (Å²) in [6.07, 6.45) is 8.33. The molecule has 112 valence electrons. The Balaban J connectivity index is 1.86. The van der Waals surface area contributed by atoms with Crippen molar-refractivity contribution < 1.29 is 4.79 Å². The number of amides is 1. The molecule has 1 aliphatic carbocycles. The molecule has 0 radical (unpaired) electrons. The maximum Gasteiger partial charge on any atom is 0.240 e. The third-order valence-electron chi connectivity index (χ3n) is 3.61. The standard InChI is InChI=1S/C15H26N4O/c1-15(2,3)17-10-13-16-8-9-19(13)11-14(20)18-12-6-4-5-7-12/h8-9,12,17H,4-7,10-11H2,1-3H3,(H,18,20). The molecule has 2 rings (SSSR count). The van der Waals surface area contributed by atoms with Gasteiger partial charge in [-0.15, -0.1) is 0 Å². The summed E-state index contributed by atoms with van der Waals surface area (Å²) in [5.74, 6) is 0.994. The fourth-order valence-electron chi connectivity index (χ4n) is 2.49. The number of carbonyl (C=O) groups is 1. The van der Waals surface area contributed by atoms with E-state index in [1.165, 1.54) is 12.8 Å². The summed E-state index contributed by atoms with van der Waals surface area (Å²) in [5.41, 5.74) is 0.0445. The van der Waals surface area contributed by atoms with Crippen LogP contribution in [0.5, 0.6) is 0 Å². The van der Waals surface area contributed by atoms with Crippen molar-refractivity contribution in [3.63, 3.8) is 0 Å². The first-order chi connectivity index (χ1) is 9.44. The van der Waals surface area contributed by atoms with E-state index in [0.717, 1.165) is 18.7 Å². The fraction of sp³-hybridized carbons (Fsp3) is 0.733. The molecule has 0 spiro atoms. The van der Waals surface area contributed by atoms with Crippen LogP contribution >= 0.6 is 0 Å². The monoisotopic (exact) mass is 278 g/mol. The van der Waals surface area contributed by atoms with Gasteiger partial charge in [-0.2, -0.15) is 0 Å². The maximum atomic E-state index is 12.0. The van der Waals surface area contributed by atoms with E-state index in [1.807, 2.05) is 10.8 Å². The van der Waals surface area contributed by atoms with Crippen molar-refractivity contribution in [1.82, 2.24) is 20.2 Å². The molecule has 0 atom stereocenters. The highest BCUT2D eigenvalue weighted by molar-refractivity contribution is 5.76. The van der Waals surface area contributed by atoms with Crippen LogP contribution in [0.25, 0.3) is 0 Å². The Hall–Kier alpha value is -1.36. The summed E-state index contributed by atoms with van der Waals surface area (Å²) in [7, 11) is 0. The van der Waals surface area contributed by atoms with Crippen molar-refractivity contribution in [3.05, 3.63) is 18.2 Å². The van der Waals surface area contributed by atoms with E-state index < -0.39 is 0 Å². The van der Waals surface area contributed by atoms with Gasteiger partial charge in [0.05, 0.1) is 6.54 Å². The molecule has 1 fully saturated rings. The summed E-state index contributed by atoms with van der Waals surface area (Å²) in [6, 6.07) is 0.377. The topological polar surface area (TPSA) is 59.0 Å². The van der Waals surface area contributed by atoms with Gasteiger partial charge in [0.25, 0.3) is 0 Å². The molecular weight excluding hydrogens is 252 g/mol. The number of aromatic nitrogens is 2. The van der Waals surface area contributed by atoms with E-state index in [9.17, 15) is 4.79 Å². The van der Waals surface area contributed by atoms with Crippen molar-refractivity contribution in [2.45, 2.75) is 71.1 Å². The predicted octanol–water partition coefficient (Wildman–Crippen LogP) is 1.83. The molecule has 1 amide bonds. The van der Waals surface area contributed by atoms with Crippen LogP contribution < -0.4 is 10.6 Å². The lowest BCUT2D eigenvalue weighted by atomic mass is 10.1. The van der Waals surface area contributed by atoms with Crippen molar-refractivity contribution in [2.24, 2.45) is 0 Å². The first-order valence-corrected chi connectivity index (χ1v) is 7.48. The van der Waals surface area contributed by atoms with Gasteiger partial charge in [-0.1, -0.05) is 12.8 Å². The molecule has 5 heteroatoms. The second kappa shape index (κ2) is 6.39. The van der Waals surface area contributed by atoms with Gasteiger partial charge >= 0.3 is 0 Å². The van der Waals surface area contributed by atoms with Crippen LogP contribution in [-0.4, -0.2) is 27.0 Å². The molecule has 0 saturated heterocycles. The lowest BCUT2D eigenvalue weighted by molar-refractivity contribution is -0.122. The Kier molecular flexibility index (Phi) is 4.81. The molecular formula is C15H26N4O. The van der Waals surface area contributed by atoms with Crippen molar-refractivity contribution >= 4 is 5.91 Å². The van der Waals surface area contributed by atoms with E-state index in [1.54, 1.807) is 6.20 Å². The molecule has 0 bridgehead atoms. The summed E-state index contributed by atoms with van der Waals surface area (Å²) < 4.78 is 1.92. The van der Waals surface area contributed by atoms with Gasteiger partial charge in [0.15, 0.2) is 0 Å². The van der Waals surface area contributed by atoms with Gasteiger partial charge in [-0.3, -0.25) is 4.79 Å². The number of nitrogens with zero attached hydrogens (tertiary/aromatic N) is 2. The van der Waals surface area contributed by atoms with E-state index >= 15 is 0 Å². The van der Waals surface area contributed by atoms with E-state index in [4.69, 9.17) is 0 Å². The molecule has 1 aromatic heterocycles. The number of nitrogens with one attached hydrogen (secondary N) is 2. The van der Waals surface area contributed by atoms with Gasteiger partial charge in [0, 0.05) is 24.0 Å². The number of hydrogen-bond acceptors (Lipinski definition) is 3. The summed E-state index contributed by atoms with van der Waals surface area (Å²) >= 11 is 0. The first-order valence-electron chi connectivity index (χ1n) is 7.48. The maximum absolute atomic E-state index is 12.0. The normalized spacial score (nSPS) is 16.6. The highest BCUT2D eigenvalue weighted by Gasteiger charge is 2.18. The molecule has 0 aromatic carbocycles. The van der Waals surface area contributed by atoms with Crippen LogP contribution in [0.15, 0.2) is 12.4 Å². The number of hydrogen-bond donors (Lipinski definition) is 2. The molecule has 0 aliphatic heterocycles. The van der Waals surface area contributed by atoms with Crippen LogP contribution in [0.1, 0.15) is 52.3 Å². The SMILES string of the molecule is CC(C)(C)NCc1nccn1CC(=O)NC1CCCC1. The van der Waals surface area contributed by atoms with Gasteiger partial charge in [0.1, 0.15) is 12.4 Å². The summed E-state index contributed by atoms with van der Waals surface area (Å²) in [4.78, 5) is 16.4. The molecule has 1 aromatic rings. The minimum Gasteiger partial charge on any atom is -0.352 e. The zero-order valence-electron chi connectivity index (χ0n) is 12.8. The van der Waals surface area contributed by atoms with Crippen LogP contribution in [0, 0.1) is 0 Å². The minimum absolute atomic E-state index is 0.0445. The third-order valence-corrected chi connectivity index (χ3v) is 3.61. The fourth-order valence-corrected chi connectivity index (χ4v) is 2.49. The van der Waals surface area contributed by atoms with Gasteiger partial charge < -0.3 is 15.2 Å². The molecule has 2 N–H and O–H groups in total. The molecule has 0 unspecified atom stereocenters. The highest BCUT2D eigenvalue weighted by Crippen LogP contribution is 2.17. The Labute approximate surface area is 121 Å². The van der Waals surface area contributed by atoms with E-state index in [0.29, 0.717) is 19.1 Å². The molecule has 5 nitrogen and oxygen atoms in total. The zero-order chi connectivity index (χ0) is 14.6. The average molecular weight is 278 g/mol. The molecule has 20 heavy (non-hydrogen) atoms. The largest absolute Gasteiger partial charge is 0.352 e. The number of carbonyl (C=O) groups excluding carboxylic acids is 1. The second-order valence-electron chi connectivity index (χ2n) is 6.62. The summed E-state index contributed by atoms with van der Waals surface area (Å²) in [6.45, 7) is 7.39. The molecule has 1 aliphatic rings. The third kappa shape index (κ3) is 4.63. The average Bonchev–Trinajstić information content (AvgIpc) is 2.97. The molecule has 1 saturated carbocycles. The quantitative estimate of drug-likeness (QED) is 0.864. The number of rotatable bonds is 5. The van der Waals surface area contributed by atoms with E-state index in [-0.39, 0.29) is 11.4 Å². The summed E-state index contributed by atoms with van der Waals surface area (Å²) in [5, 5.41) is 6.50.